The number of hydrogen-bond donors (Lipinski definition) is 1. The Morgan fingerprint density at radius 3 is 2.86 bits per heavy atom. The van der Waals surface area contributed by atoms with E-state index in [-0.39, 0.29) is 29.7 Å². The molecule has 9 heteroatoms. The smallest absolute Gasteiger partial charge is 0.345 e. The van der Waals surface area contributed by atoms with E-state index in [0.717, 1.165) is 76.2 Å². The summed E-state index contributed by atoms with van der Waals surface area (Å²) in [6, 6.07) is 0. The monoisotopic (exact) mass is 506 g/mol. The number of nitrogens with zero attached hydrogens (tertiary/aromatic N) is 5. The molecule has 0 atom stereocenters. The van der Waals surface area contributed by atoms with Crippen LogP contribution in [-0.2, 0) is 24.2 Å². The van der Waals surface area contributed by atoms with Crippen LogP contribution in [0.1, 0.15) is 44.3 Å². The number of halogens is 1. The minimum atomic E-state index is 0. The lowest BCUT2D eigenvalue weighted by atomic mass is 9.96. The fourth-order valence-corrected chi connectivity index (χ4v) is 3.93. The van der Waals surface area contributed by atoms with Crippen molar-refractivity contribution in [3.8, 4) is 0 Å². The third kappa shape index (κ3) is 6.20. The molecule has 0 radical (unpaired) electrons. The SMILES string of the molecule is CN=C(NCCCn1nc2n(c1=O)CCCC2)N(C)CCC1CCOCC1.I. The minimum absolute atomic E-state index is 0. The standard InChI is InChI=1S/C19H34N6O2.HI/c1-20-18(23(2)13-7-16-8-14-27-15-9-16)21-10-5-12-25-19(26)24-11-4-3-6-17(24)22-25;/h16H,3-15H2,1-2H3,(H,20,21);1H. The topological polar surface area (TPSA) is 76.7 Å². The number of nitrogens with one attached hydrogen (secondary N) is 1. The van der Waals surface area contributed by atoms with Crippen molar-refractivity contribution in [3.63, 3.8) is 0 Å². The minimum Gasteiger partial charge on any atom is -0.381 e. The summed E-state index contributed by atoms with van der Waals surface area (Å²) >= 11 is 0. The quantitative estimate of drug-likeness (QED) is 0.264. The van der Waals surface area contributed by atoms with E-state index in [1.165, 1.54) is 19.3 Å². The zero-order chi connectivity index (χ0) is 19.1. The van der Waals surface area contributed by atoms with Crippen LogP contribution in [0.25, 0.3) is 0 Å². The highest BCUT2D eigenvalue weighted by molar-refractivity contribution is 14.0. The normalized spacial score (nSPS) is 17.7. The molecular weight excluding hydrogens is 471 g/mol. The predicted octanol–water partition coefficient (Wildman–Crippen LogP) is 1.71. The third-order valence-electron chi connectivity index (χ3n) is 5.65. The summed E-state index contributed by atoms with van der Waals surface area (Å²) in [7, 11) is 3.91. The molecule has 2 aliphatic heterocycles. The number of aryl methyl sites for hydroxylation is 2. The Bertz CT molecular complexity index is 680. The van der Waals surface area contributed by atoms with Crippen molar-refractivity contribution in [3.05, 3.63) is 16.3 Å². The molecule has 1 saturated heterocycles. The van der Waals surface area contributed by atoms with Gasteiger partial charge in [0.05, 0.1) is 0 Å². The number of aliphatic imine (C=N–C) groups is 1. The average molecular weight is 506 g/mol. The predicted molar refractivity (Wildman–Crippen MR) is 122 cm³/mol. The largest absolute Gasteiger partial charge is 0.381 e. The van der Waals surface area contributed by atoms with Crippen LogP contribution in [0.5, 0.6) is 0 Å². The second-order valence-corrected chi connectivity index (χ2v) is 7.62. The van der Waals surface area contributed by atoms with Gasteiger partial charge in [-0.2, -0.15) is 5.10 Å². The number of fused-ring (bicyclic) bond motifs is 1. The van der Waals surface area contributed by atoms with Gasteiger partial charge >= 0.3 is 5.69 Å². The van der Waals surface area contributed by atoms with Crippen LogP contribution < -0.4 is 11.0 Å². The van der Waals surface area contributed by atoms with Crippen LogP contribution in [0.3, 0.4) is 0 Å². The molecule has 0 aromatic carbocycles. The number of guanidine groups is 1. The van der Waals surface area contributed by atoms with Crippen LogP contribution in [0.4, 0.5) is 0 Å². The highest BCUT2D eigenvalue weighted by Crippen LogP contribution is 2.18. The van der Waals surface area contributed by atoms with E-state index in [0.29, 0.717) is 6.54 Å². The van der Waals surface area contributed by atoms with Crippen molar-refractivity contribution >= 4 is 29.9 Å². The first-order valence-corrected chi connectivity index (χ1v) is 10.3. The van der Waals surface area contributed by atoms with Crippen molar-refractivity contribution in [1.29, 1.82) is 0 Å². The molecule has 1 fully saturated rings. The molecule has 1 N–H and O–H groups in total. The van der Waals surface area contributed by atoms with Gasteiger partial charge < -0.3 is 15.0 Å². The highest BCUT2D eigenvalue weighted by Gasteiger charge is 2.17. The van der Waals surface area contributed by atoms with Gasteiger partial charge in [-0.25, -0.2) is 9.48 Å². The van der Waals surface area contributed by atoms with Crippen LogP contribution in [0, 0.1) is 5.92 Å². The average Bonchev–Trinajstić information content (AvgIpc) is 3.03. The molecule has 0 spiro atoms. The molecule has 3 rings (SSSR count). The fraction of sp³-hybridized carbons (Fsp3) is 0.842. The first-order valence-electron chi connectivity index (χ1n) is 10.3. The van der Waals surface area contributed by atoms with Crippen molar-refractivity contribution in [2.24, 2.45) is 10.9 Å². The molecule has 1 aromatic rings. The molecule has 160 valence electrons. The van der Waals surface area contributed by atoms with E-state index in [9.17, 15) is 4.79 Å². The van der Waals surface area contributed by atoms with Crippen molar-refractivity contribution in [1.82, 2.24) is 24.6 Å². The van der Waals surface area contributed by atoms with Crippen molar-refractivity contribution in [2.75, 3.05) is 40.4 Å². The van der Waals surface area contributed by atoms with E-state index >= 15 is 0 Å². The molecular formula is C19H35IN6O2. The summed E-state index contributed by atoms with van der Waals surface area (Å²) in [5.41, 5.74) is 0.0441. The van der Waals surface area contributed by atoms with Gasteiger partial charge in [0.1, 0.15) is 5.82 Å². The van der Waals surface area contributed by atoms with Gasteiger partial charge in [0.25, 0.3) is 0 Å². The van der Waals surface area contributed by atoms with Gasteiger partial charge in [0.15, 0.2) is 5.96 Å². The van der Waals surface area contributed by atoms with E-state index in [4.69, 9.17) is 4.74 Å². The molecule has 0 unspecified atom stereocenters. The highest BCUT2D eigenvalue weighted by atomic mass is 127. The molecule has 1 aromatic heterocycles. The van der Waals surface area contributed by atoms with Gasteiger partial charge in [-0.1, -0.05) is 0 Å². The summed E-state index contributed by atoms with van der Waals surface area (Å²) in [6.07, 6.45) is 7.50. The second kappa shape index (κ2) is 11.8. The molecule has 0 saturated carbocycles. The lowest BCUT2D eigenvalue weighted by Crippen LogP contribution is -2.40. The van der Waals surface area contributed by atoms with Gasteiger partial charge in [0.2, 0.25) is 0 Å². The Morgan fingerprint density at radius 2 is 2.14 bits per heavy atom. The van der Waals surface area contributed by atoms with E-state index < -0.39 is 0 Å². The Labute approximate surface area is 184 Å². The molecule has 3 heterocycles. The number of hydrogen-bond acceptors (Lipinski definition) is 4. The van der Waals surface area contributed by atoms with Gasteiger partial charge in [0, 0.05) is 59.9 Å². The maximum atomic E-state index is 12.3. The van der Waals surface area contributed by atoms with E-state index in [1.54, 1.807) is 4.68 Å². The Kier molecular flexibility index (Phi) is 9.76. The Hall–Kier alpha value is -1.10. The molecule has 0 amide bonds. The maximum Gasteiger partial charge on any atom is 0.345 e. The summed E-state index contributed by atoms with van der Waals surface area (Å²) in [4.78, 5) is 18.9. The van der Waals surface area contributed by atoms with Crippen LogP contribution in [0.15, 0.2) is 9.79 Å². The van der Waals surface area contributed by atoms with Gasteiger partial charge in [-0.15, -0.1) is 24.0 Å². The lowest BCUT2D eigenvalue weighted by molar-refractivity contribution is 0.0625. The summed E-state index contributed by atoms with van der Waals surface area (Å²) in [5, 5.41) is 7.90. The molecule has 2 aliphatic rings. The molecule has 28 heavy (non-hydrogen) atoms. The van der Waals surface area contributed by atoms with Crippen molar-refractivity contribution in [2.45, 2.75) is 58.0 Å². The zero-order valence-corrected chi connectivity index (χ0v) is 19.6. The number of ether oxygens (including phenoxy) is 1. The first kappa shape index (κ1) is 23.2. The van der Waals surface area contributed by atoms with Crippen LogP contribution in [-0.4, -0.2) is 65.6 Å². The Morgan fingerprint density at radius 1 is 1.36 bits per heavy atom. The van der Waals surface area contributed by atoms with Crippen LogP contribution >= 0.6 is 24.0 Å². The fourth-order valence-electron chi connectivity index (χ4n) is 3.93. The second-order valence-electron chi connectivity index (χ2n) is 7.62. The van der Waals surface area contributed by atoms with Crippen molar-refractivity contribution < 1.29 is 4.74 Å². The van der Waals surface area contributed by atoms with Gasteiger partial charge in [-0.3, -0.25) is 9.56 Å². The summed E-state index contributed by atoms with van der Waals surface area (Å²) < 4.78 is 8.89. The summed E-state index contributed by atoms with van der Waals surface area (Å²) in [6.45, 7) is 5.04. The Balaban J connectivity index is 0.00000280. The lowest BCUT2D eigenvalue weighted by Gasteiger charge is -2.26. The molecule has 8 nitrogen and oxygen atoms in total. The number of rotatable bonds is 7. The third-order valence-corrected chi connectivity index (χ3v) is 5.65. The van der Waals surface area contributed by atoms with E-state index in [2.05, 4.69) is 27.4 Å². The molecule has 0 aliphatic carbocycles. The zero-order valence-electron chi connectivity index (χ0n) is 17.2. The number of aromatic nitrogens is 3. The molecule has 0 bridgehead atoms. The first-order chi connectivity index (χ1) is 13.2. The maximum absolute atomic E-state index is 12.3. The van der Waals surface area contributed by atoms with Gasteiger partial charge in [-0.05, 0) is 44.4 Å². The van der Waals surface area contributed by atoms with Crippen LogP contribution in [0.2, 0.25) is 0 Å². The summed E-state index contributed by atoms with van der Waals surface area (Å²) in [5.74, 6) is 2.62. The van der Waals surface area contributed by atoms with E-state index in [1.807, 2.05) is 11.6 Å².